The summed E-state index contributed by atoms with van der Waals surface area (Å²) in [4.78, 5) is 13.4. The maximum atomic E-state index is 11.4. The first-order valence-electron chi connectivity index (χ1n) is 4.75. The molecule has 1 rings (SSSR count). The van der Waals surface area contributed by atoms with Crippen LogP contribution in [0.25, 0.3) is 0 Å². The molecule has 1 N–H and O–H groups in total. The molecule has 0 spiro atoms. The highest BCUT2D eigenvalue weighted by Crippen LogP contribution is 2.14. The van der Waals surface area contributed by atoms with Crippen LogP contribution in [0.2, 0.25) is 0 Å². The Balaban J connectivity index is 2.63. The van der Waals surface area contributed by atoms with Crippen LogP contribution in [0.15, 0.2) is 0 Å². The highest BCUT2D eigenvalue weighted by atomic mass is 16.2. The Kier molecular flexibility index (Phi) is 3.09. The Morgan fingerprint density at radius 1 is 1.67 bits per heavy atom. The standard InChI is InChI=1S/C9H18N2O/c1-4-7(3)11-8(5-2)10-6-9(11)12/h7-8,10H,4-6H2,1-3H3. The van der Waals surface area contributed by atoms with Gasteiger partial charge in [-0.2, -0.15) is 0 Å². The predicted octanol–water partition coefficient (Wildman–Crippen LogP) is 0.953. The fourth-order valence-electron chi connectivity index (χ4n) is 1.66. The average molecular weight is 170 g/mol. The zero-order valence-electron chi connectivity index (χ0n) is 8.13. The third-order valence-corrected chi connectivity index (χ3v) is 2.57. The zero-order chi connectivity index (χ0) is 9.14. The summed E-state index contributed by atoms with van der Waals surface area (Å²) in [5, 5.41) is 3.20. The van der Waals surface area contributed by atoms with E-state index in [1.54, 1.807) is 0 Å². The van der Waals surface area contributed by atoms with E-state index in [1.165, 1.54) is 0 Å². The second-order valence-corrected chi connectivity index (χ2v) is 3.36. The summed E-state index contributed by atoms with van der Waals surface area (Å²) in [6, 6.07) is 0.373. The van der Waals surface area contributed by atoms with E-state index in [9.17, 15) is 4.79 Å². The van der Waals surface area contributed by atoms with Gasteiger partial charge in [0.25, 0.3) is 0 Å². The van der Waals surface area contributed by atoms with Gasteiger partial charge in [-0.15, -0.1) is 0 Å². The van der Waals surface area contributed by atoms with E-state index in [0.29, 0.717) is 12.6 Å². The van der Waals surface area contributed by atoms with Crippen molar-refractivity contribution in [3.63, 3.8) is 0 Å². The molecule has 70 valence electrons. The monoisotopic (exact) mass is 170 g/mol. The van der Waals surface area contributed by atoms with Crippen molar-refractivity contribution in [3.05, 3.63) is 0 Å². The molecule has 0 radical (unpaired) electrons. The number of carbonyl (C=O) groups is 1. The number of hydrogen-bond acceptors (Lipinski definition) is 2. The Labute approximate surface area is 74.1 Å². The molecule has 1 amide bonds. The molecular weight excluding hydrogens is 152 g/mol. The van der Waals surface area contributed by atoms with Crippen LogP contribution in [0, 0.1) is 0 Å². The Morgan fingerprint density at radius 2 is 2.33 bits per heavy atom. The van der Waals surface area contributed by atoms with Crippen molar-refractivity contribution < 1.29 is 4.79 Å². The molecule has 2 atom stereocenters. The molecule has 0 aliphatic carbocycles. The van der Waals surface area contributed by atoms with Crippen molar-refractivity contribution in [1.29, 1.82) is 0 Å². The summed E-state index contributed by atoms with van der Waals surface area (Å²) in [6.45, 7) is 6.84. The van der Waals surface area contributed by atoms with Crippen LogP contribution < -0.4 is 5.32 Å². The molecule has 1 aliphatic rings. The van der Waals surface area contributed by atoms with Gasteiger partial charge in [0, 0.05) is 6.04 Å². The van der Waals surface area contributed by atoms with E-state index in [0.717, 1.165) is 12.8 Å². The summed E-state index contributed by atoms with van der Waals surface area (Å²) in [5.74, 6) is 0.246. The van der Waals surface area contributed by atoms with Gasteiger partial charge in [-0.25, -0.2) is 0 Å². The molecule has 0 aromatic carbocycles. The minimum Gasteiger partial charge on any atom is -0.323 e. The van der Waals surface area contributed by atoms with Crippen LogP contribution in [-0.2, 0) is 4.79 Å². The van der Waals surface area contributed by atoms with Crippen LogP contribution in [0.1, 0.15) is 33.6 Å². The first-order chi connectivity index (χ1) is 5.70. The summed E-state index contributed by atoms with van der Waals surface area (Å²) in [6.07, 6.45) is 2.30. The van der Waals surface area contributed by atoms with Crippen LogP contribution in [0.4, 0.5) is 0 Å². The van der Waals surface area contributed by atoms with Crippen LogP contribution in [0.3, 0.4) is 0 Å². The van der Waals surface area contributed by atoms with E-state index in [4.69, 9.17) is 0 Å². The molecule has 0 bridgehead atoms. The van der Waals surface area contributed by atoms with E-state index in [2.05, 4.69) is 26.1 Å². The van der Waals surface area contributed by atoms with Gasteiger partial charge < -0.3 is 4.90 Å². The van der Waals surface area contributed by atoms with Gasteiger partial charge in [-0.05, 0) is 19.8 Å². The van der Waals surface area contributed by atoms with Gasteiger partial charge in [0.05, 0.1) is 12.7 Å². The summed E-state index contributed by atoms with van der Waals surface area (Å²) in [5.41, 5.74) is 0. The molecule has 0 aromatic rings. The van der Waals surface area contributed by atoms with Crippen molar-refractivity contribution in [2.45, 2.75) is 45.8 Å². The lowest BCUT2D eigenvalue weighted by molar-refractivity contribution is -0.130. The highest BCUT2D eigenvalue weighted by molar-refractivity contribution is 5.80. The first kappa shape index (κ1) is 9.52. The van der Waals surface area contributed by atoms with Crippen molar-refractivity contribution in [3.8, 4) is 0 Å². The number of rotatable bonds is 3. The maximum Gasteiger partial charge on any atom is 0.238 e. The van der Waals surface area contributed by atoms with Gasteiger partial charge in [0.1, 0.15) is 0 Å². The average Bonchev–Trinajstić information content (AvgIpc) is 2.45. The van der Waals surface area contributed by atoms with Gasteiger partial charge in [0.2, 0.25) is 5.91 Å². The summed E-state index contributed by atoms with van der Waals surface area (Å²) in [7, 11) is 0. The smallest absolute Gasteiger partial charge is 0.238 e. The Morgan fingerprint density at radius 3 is 2.83 bits per heavy atom. The molecule has 1 fully saturated rings. The van der Waals surface area contributed by atoms with Gasteiger partial charge >= 0.3 is 0 Å². The number of nitrogens with zero attached hydrogens (tertiary/aromatic N) is 1. The van der Waals surface area contributed by atoms with Crippen molar-refractivity contribution in [1.82, 2.24) is 10.2 Å². The van der Waals surface area contributed by atoms with Gasteiger partial charge in [-0.1, -0.05) is 13.8 Å². The van der Waals surface area contributed by atoms with Crippen molar-refractivity contribution in [2.75, 3.05) is 6.54 Å². The number of nitrogens with one attached hydrogen (secondary N) is 1. The third-order valence-electron chi connectivity index (χ3n) is 2.57. The molecule has 1 aliphatic heterocycles. The minimum absolute atomic E-state index is 0.246. The lowest BCUT2D eigenvalue weighted by Gasteiger charge is -2.28. The molecular formula is C9H18N2O. The molecule has 0 saturated carbocycles. The first-order valence-corrected chi connectivity index (χ1v) is 4.75. The predicted molar refractivity (Wildman–Crippen MR) is 48.7 cm³/mol. The number of amides is 1. The maximum absolute atomic E-state index is 11.4. The van der Waals surface area contributed by atoms with Crippen LogP contribution in [-0.4, -0.2) is 29.6 Å². The van der Waals surface area contributed by atoms with E-state index in [-0.39, 0.29) is 12.1 Å². The number of carbonyl (C=O) groups excluding carboxylic acids is 1. The molecule has 3 heteroatoms. The molecule has 12 heavy (non-hydrogen) atoms. The molecule has 1 heterocycles. The summed E-state index contributed by atoms with van der Waals surface area (Å²) < 4.78 is 0. The van der Waals surface area contributed by atoms with Crippen molar-refractivity contribution in [2.24, 2.45) is 0 Å². The molecule has 2 unspecified atom stereocenters. The van der Waals surface area contributed by atoms with E-state index >= 15 is 0 Å². The fraction of sp³-hybridized carbons (Fsp3) is 0.889. The second-order valence-electron chi connectivity index (χ2n) is 3.36. The van der Waals surface area contributed by atoms with Crippen LogP contribution >= 0.6 is 0 Å². The topological polar surface area (TPSA) is 32.3 Å². The largest absolute Gasteiger partial charge is 0.323 e. The minimum atomic E-state index is 0.246. The zero-order valence-corrected chi connectivity index (χ0v) is 8.13. The van der Waals surface area contributed by atoms with Gasteiger partial charge in [0.15, 0.2) is 0 Å². The highest BCUT2D eigenvalue weighted by Gasteiger charge is 2.31. The van der Waals surface area contributed by atoms with Crippen LogP contribution in [0.5, 0.6) is 0 Å². The van der Waals surface area contributed by atoms with E-state index in [1.807, 2.05) is 4.90 Å². The SMILES string of the molecule is CCC(C)N1C(=O)CNC1CC. The van der Waals surface area contributed by atoms with E-state index < -0.39 is 0 Å². The second kappa shape index (κ2) is 3.90. The third kappa shape index (κ3) is 1.61. The molecule has 1 saturated heterocycles. The number of hydrogen-bond donors (Lipinski definition) is 1. The molecule has 0 aromatic heterocycles. The lowest BCUT2D eigenvalue weighted by Crippen LogP contribution is -2.42. The van der Waals surface area contributed by atoms with Gasteiger partial charge in [-0.3, -0.25) is 10.1 Å². The quantitative estimate of drug-likeness (QED) is 0.684. The van der Waals surface area contributed by atoms with Crippen molar-refractivity contribution >= 4 is 5.91 Å². The fourth-order valence-corrected chi connectivity index (χ4v) is 1.66. The normalized spacial score (nSPS) is 26.4. The lowest BCUT2D eigenvalue weighted by atomic mass is 10.2. The Hall–Kier alpha value is -0.570. The Bertz CT molecular complexity index is 170. The molecule has 3 nitrogen and oxygen atoms in total. The summed E-state index contributed by atoms with van der Waals surface area (Å²) >= 11 is 0.